The van der Waals surface area contributed by atoms with Crippen LogP contribution in [0.2, 0.25) is 5.02 Å². The van der Waals surface area contributed by atoms with Crippen LogP contribution in [-0.4, -0.2) is 53.4 Å². The Morgan fingerprint density at radius 3 is 2.54 bits per heavy atom. The Balaban J connectivity index is 1.67. The Labute approximate surface area is 163 Å². The van der Waals surface area contributed by atoms with Gasteiger partial charge in [-0.1, -0.05) is 27.5 Å². The number of nitrogens with zero attached hydrogens (tertiary/aromatic N) is 4. The van der Waals surface area contributed by atoms with Gasteiger partial charge in [0.2, 0.25) is 10.0 Å². The van der Waals surface area contributed by atoms with Crippen LogP contribution >= 0.6 is 27.5 Å². The molecule has 1 aromatic carbocycles. The van der Waals surface area contributed by atoms with Crippen molar-refractivity contribution in [1.82, 2.24) is 18.8 Å². The molecule has 0 amide bonds. The lowest BCUT2D eigenvalue weighted by Gasteiger charge is -2.33. The van der Waals surface area contributed by atoms with Crippen LogP contribution in [0.15, 0.2) is 40.0 Å². The van der Waals surface area contributed by atoms with Gasteiger partial charge in [-0.05, 0) is 18.2 Å². The standard InChI is InChI=1S/C15H16BrClF2N4O2S/c16-11-1-2-13(12(17)9-11)26(24,25)22-7-5-21(6-8-22)10-14-20-3-4-23(14)15(18)19/h1-4,9,15H,5-8,10H2. The summed E-state index contributed by atoms with van der Waals surface area (Å²) in [6, 6.07) is 4.63. The van der Waals surface area contributed by atoms with Gasteiger partial charge >= 0.3 is 6.55 Å². The molecule has 3 rings (SSSR count). The van der Waals surface area contributed by atoms with Crippen LogP contribution < -0.4 is 0 Å². The predicted molar refractivity (Wildman–Crippen MR) is 96.7 cm³/mol. The van der Waals surface area contributed by atoms with E-state index in [0.717, 1.165) is 4.57 Å². The van der Waals surface area contributed by atoms with Crippen molar-refractivity contribution in [2.75, 3.05) is 26.2 Å². The number of hydrogen-bond donors (Lipinski definition) is 0. The fourth-order valence-electron chi connectivity index (χ4n) is 2.80. The molecule has 2 heterocycles. The van der Waals surface area contributed by atoms with Crippen LogP contribution in [0.1, 0.15) is 12.4 Å². The second kappa shape index (κ2) is 7.89. The molecule has 0 aliphatic carbocycles. The first kappa shape index (κ1) is 19.7. The molecule has 0 unspecified atom stereocenters. The summed E-state index contributed by atoms with van der Waals surface area (Å²) < 4.78 is 54.2. The fraction of sp³-hybridized carbons (Fsp3) is 0.400. The van der Waals surface area contributed by atoms with Gasteiger partial charge < -0.3 is 0 Å². The molecule has 0 N–H and O–H groups in total. The van der Waals surface area contributed by atoms with Gasteiger partial charge in [-0.15, -0.1) is 0 Å². The number of halogens is 4. The number of alkyl halides is 2. The number of imidazole rings is 1. The third-order valence-electron chi connectivity index (χ3n) is 4.17. The van der Waals surface area contributed by atoms with Gasteiger partial charge in [0.15, 0.2) is 0 Å². The maximum Gasteiger partial charge on any atom is 0.319 e. The maximum absolute atomic E-state index is 12.9. The van der Waals surface area contributed by atoms with Crippen molar-refractivity contribution in [3.05, 3.63) is 45.9 Å². The second-order valence-electron chi connectivity index (χ2n) is 5.78. The first-order valence-corrected chi connectivity index (χ1v) is 10.4. The summed E-state index contributed by atoms with van der Waals surface area (Å²) in [5, 5.41) is 0.153. The average molecular weight is 470 g/mol. The van der Waals surface area contributed by atoms with Gasteiger partial charge in [-0.2, -0.15) is 13.1 Å². The van der Waals surface area contributed by atoms with Crippen molar-refractivity contribution in [2.45, 2.75) is 18.0 Å². The first-order valence-electron chi connectivity index (χ1n) is 7.76. The Morgan fingerprint density at radius 1 is 1.23 bits per heavy atom. The van der Waals surface area contributed by atoms with Crippen LogP contribution in [0.25, 0.3) is 0 Å². The van der Waals surface area contributed by atoms with Crippen LogP contribution in [0, 0.1) is 0 Å². The van der Waals surface area contributed by atoms with E-state index < -0.39 is 16.6 Å². The van der Waals surface area contributed by atoms with E-state index >= 15 is 0 Å². The normalized spacial score (nSPS) is 17.1. The summed E-state index contributed by atoms with van der Waals surface area (Å²) in [4.78, 5) is 5.91. The van der Waals surface area contributed by atoms with E-state index in [2.05, 4.69) is 20.9 Å². The largest absolute Gasteiger partial charge is 0.319 e. The van der Waals surface area contributed by atoms with E-state index in [1.165, 1.54) is 28.8 Å². The lowest BCUT2D eigenvalue weighted by Crippen LogP contribution is -2.48. The number of aromatic nitrogens is 2. The third kappa shape index (κ3) is 4.09. The number of hydrogen-bond acceptors (Lipinski definition) is 4. The summed E-state index contributed by atoms with van der Waals surface area (Å²) >= 11 is 9.33. The Bertz CT molecular complexity index is 886. The molecule has 1 fully saturated rings. The minimum absolute atomic E-state index is 0.0593. The highest BCUT2D eigenvalue weighted by atomic mass is 79.9. The van der Waals surface area contributed by atoms with E-state index in [0.29, 0.717) is 17.6 Å². The number of sulfonamides is 1. The van der Waals surface area contributed by atoms with Gasteiger partial charge in [0.25, 0.3) is 0 Å². The van der Waals surface area contributed by atoms with E-state index in [1.54, 1.807) is 6.07 Å². The van der Waals surface area contributed by atoms with Crippen LogP contribution in [-0.2, 0) is 16.6 Å². The fourth-order valence-corrected chi connectivity index (χ4v) is 5.23. The molecule has 0 atom stereocenters. The summed E-state index contributed by atoms with van der Waals surface area (Å²) in [7, 11) is -3.70. The number of benzene rings is 1. The molecule has 1 aromatic heterocycles. The zero-order chi connectivity index (χ0) is 18.9. The molecule has 1 aliphatic rings. The molecule has 0 saturated carbocycles. The second-order valence-corrected chi connectivity index (χ2v) is 9.01. The SMILES string of the molecule is O=S(=O)(c1ccc(Br)cc1Cl)N1CCN(Cc2nccn2C(F)F)CC1. The lowest BCUT2D eigenvalue weighted by atomic mass is 10.3. The summed E-state index contributed by atoms with van der Waals surface area (Å²) in [6.07, 6.45) is 2.56. The predicted octanol–water partition coefficient (Wildman–Crippen LogP) is 3.20. The molecule has 6 nitrogen and oxygen atoms in total. The molecule has 11 heteroatoms. The molecule has 1 saturated heterocycles. The van der Waals surface area contributed by atoms with Crippen molar-refractivity contribution in [3.63, 3.8) is 0 Å². The number of piperazine rings is 1. The highest BCUT2D eigenvalue weighted by molar-refractivity contribution is 9.10. The van der Waals surface area contributed by atoms with E-state index in [4.69, 9.17) is 11.6 Å². The summed E-state index contributed by atoms with van der Waals surface area (Å²) in [5.41, 5.74) is 0. The molecule has 0 spiro atoms. The first-order chi connectivity index (χ1) is 12.3. The minimum Gasteiger partial charge on any atom is -0.293 e. The summed E-state index contributed by atoms with van der Waals surface area (Å²) in [5.74, 6) is 0.257. The number of rotatable bonds is 5. The van der Waals surface area contributed by atoms with Crippen LogP contribution in [0.4, 0.5) is 8.78 Å². The third-order valence-corrected chi connectivity index (χ3v) is 7.04. The minimum atomic E-state index is -3.70. The Morgan fingerprint density at radius 2 is 1.92 bits per heavy atom. The van der Waals surface area contributed by atoms with Gasteiger partial charge in [-0.25, -0.2) is 13.4 Å². The molecule has 0 bridgehead atoms. The van der Waals surface area contributed by atoms with Crippen LogP contribution in [0.5, 0.6) is 0 Å². The lowest BCUT2D eigenvalue weighted by molar-refractivity contribution is 0.0626. The molecule has 2 aromatic rings. The molecular weight excluding hydrogens is 454 g/mol. The average Bonchev–Trinajstić information content (AvgIpc) is 3.03. The van der Waals surface area contributed by atoms with Crippen LogP contribution in [0.3, 0.4) is 0 Å². The topological polar surface area (TPSA) is 58.4 Å². The van der Waals surface area contributed by atoms with Gasteiger partial charge in [0, 0.05) is 43.0 Å². The highest BCUT2D eigenvalue weighted by Gasteiger charge is 2.30. The van der Waals surface area contributed by atoms with Crippen molar-refractivity contribution in [1.29, 1.82) is 0 Å². The van der Waals surface area contributed by atoms with E-state index in [1.807, 2.05) is 4.90 Å². The molecular formula is C15H16BrClF2N4O2S. The molecule has 26 heavy (non-hydrogen) atoms. The van der Waals surface area contributed by atoms with Gasteiger partial charge in [0.05, 0.1) is 11.6 Å². The van der Waals surface area contributed by atoms with Crippen molar-refractivity contribution in [2.24, 2.45) is 0 Å². The Hall–Kier alpha value is -1.07. The van der Waals surface area contributed by atoms with E-state index in [9.17, 15) is 17.2 Å². The van der Waals surface area contributed by atoms with Crippen molar-refractivity contribution >= 4 is 37.6 Å². The zero-order valence-electron chi connectivity index (χ0n) is 13.5. The zero-order valence-corrected chi connectivity index (χ0v) is 16.7. The quantitative estimate of drug-likeness (QED) is 0.675. The van der Waals surface area contributed by atoms with Gasteiger partial charge in [0.1, 0.15) is 10.7 Å². The molecule has 0 radical (unpaired) electrons. The van der Waals surface area contributed by atoms with Gasteiger partial charge in [-0.3, -0.25) is 9.47 Å². The highest BCUT2D eigenvalue weighted by Crippen LogP contribution is 2.28. The molecule has 1 aliphatic heterocycles. The molecule has 142 valence electrons. The summed E-state index contributed by atoms with van der Waals surface area (Å²) in [6.45, 7) is -1.06. The smallest absolute Gasteiger partial charge is 0.293 e. The monoisotopic (exact) mass is 468 g/mol. The van der Waals surface area contributed by atoms with Crippen molar-refractivity contribution in [3.8, 4) is 0 Å². The maximum atomic E-state index is 12.9. The van der Waals surface area contributed by atoms with Crippen molar-refractivity contribution < 1.29 is 17.2 Å². The Kier molecular flexibility index (Phi) is 5.97. The van der Waals surface area contributed by atoms with E-state index in [-0.39, 0.29) is 35.4 Å².